The van der Waals surface area contributed by atoms with E-state index in [1.165, 1.54) is 69.9 Å². The van der Waals surface area contributed by atoms with E-state index in [0.717, 1.165) is 23.7 Å². The van der Waals surface area contributed by atoms with Crippen LogP contribution in [-0.4, -0.2) is 12.8 Å². The Morgan fingerprint density at radius 3 is 2.62 bits per heavy atom. The van der Waals surface area contributed by atoms with Crippen molar-refractivity contribution in [3.05, 3.63) is 0 Å². The van der Waals surface area contributed by atoms with E-state index >= 15 is 0 Å². The maximum absolute atomic E-state index is 5.41. The molecule has 24 heavy (non-hydrogen) atoms. The highest BCUT2D eigenvalue weighted by atomic mass is 16.6. The third-order valence-electron chi connectivity index (χ3n) is 9.18. The summed E-state index contributed by atoms with van der Waals surface area (Å²) in [5.41, 5.74) is 2.41. The molecule has 4 aliphatic carbocycles. The van der Waals surface area contributed by atoms with Crippen molar-refractivity contribution in [1.82, 2.24) is 0 Å². The zero-order valence-electron chi connectivity index (χ0n) is 16.3. The highest BCUT2D eigenvalue weighted by Gasteiger charge is 2.61. The fourth-order valence-corrected chi connectivity index (χ4v) is 8.12. The maximum Gasteiger partial charge on any atom is 0.106 e. The molecule has 0 N–H and O–H groups in total. The van der Waals surface area contributed by atoms with E-state index in [0.29, 0.717) is 16.7 Å². The molecule has 4 saturated carbocycles. The van der Waals surface area contributed by atoms with Crippen LogP contribution < -0.4 is 0 Å². The molecule has 7 atom stereocenters. The molecule has 0 aliphatic heterocycles. The Kier molecular flexibility index (Phi) is 4.24. The number of fused-ring (bicyclic) bond motifs is 5. The molecule has 0 saturated heterocycles. The highest BCUT2D eigenvalue weighted by molar-refractivity contribution is 5.89. The van der Waals surface area contributed by atoms with E-state index in [4.69, 9.17) is 9.99 Å². The molecule has 0 aromatic rings. The summed E-state index contributed by atoms with van der Waals surface area (Å²) in [4.78, 5) is 5.41. The van der Waals surface area contributed by atoms with Crippen molar-refractivity contribution in [3.63, 3.8) is 0 Å². The Bertz CT molecular complexity index is 514. The van der Waals surface area contributed by atoms with Crippen LogP contribution in [0.5, 0.6) is 0 Å². The van der Waals surface area contributed by atoms with Crippen LogP contribution in [0.3, 0.4) is 0 Å². The Labute approximate surface area is 148 Å². The molecule has 4 aliphatic rings. The summed E-state index contributed by atoms with van der Waals surface area (Å²) in [5.74, 6) is 4.33. The SMILES string of the molecule is CC[C@H]1CCC2C3CC[C@H]4CCCC[C@]4(C)C3C(=NOC)C[C@@]21C. The zero-order valence-corrected chi connectivity index (χ0v) is 16.3. The van der Waals surface area contributed by atoms with Gasteiger partial charge in [0, 0.05) is 5.92 Å². The van der Waals surface area contributed by atoms with Crippen molar-refractivity contribution < 1.29 is 4.84 Å². The van der Waals surface area contributed by atoms with Crippen molar-refractivity contribution >= 4 is 5.71 Å². The van der Waals surface area contributed by atoms with Crippen molar-refractivity contribution in [3.8, 4) is 0 Å². The van der Waals surface area contributed by atoms with Crippen LogP contribution in [0.1, 0.15) is 85.0 Å². The topological polar surface area (TPSA) is 21.6 Å². The van der Waals surface area contributed by atoms with E-state index < -0.39 is 0 Å². The largest absolute Gasteiger partial charge is 0.399 e. The number of rotatable bonds is 2. The third-order valence-corrected chi connectivity index (χ3v) is 9.18. The van der Waals surface area contributed by atoms with Crippen molar-refractivity contribution in [2.75, 3.05) is 7.11 Å². The summed E-state index contributed by atoms with van der Waals surface area (Å²) >= 11 is 0. The summed E-state index contributed by atoms with van der Waals surface area (Å²) in [6, 6.07) is 0. The molecule has 4 fully saturated rings. The second kappa shape index (κ2) is 6.02. The van der Waals surface area contributed by atoms with E-state index in [9.17, 15) is 0 Å². The lowest BCUT2D eigenvalue weighted by molar-refractivity contribution is -0.0602. The van der Waals surface area contributed by atoms with Gasteiger partial charge in [0.2, 0.25) is 0 Å². The molecule has 0 bridgehead atoms. The third kappa shape index (κ3) is 2.23. The standard InChI is InChI=1S/C22H37NO/c1-5-15-10-12-18-17-11-9-16-8-6-7-13-21(16,2)20(17)19(23-24-4)14-22(15,18)3/h15-18,20H,5-14H2,1-4H3/t15-,16+,17?,18?,20?,21-,22+/m0/s1. The van der Waals surface area contributed by atoms with Crippen molar-refractivity contribution in [1.29, 1.82) is 0 Å². The molecule has 0 heterocycles. The van der Waals surface area contributed by atoms with Gasteiger partial charge in [-0.3, -0.25) is 0 Å². The molecule has 2 heteroatoms. The van der Waals surface area contributed by atoms with Gasteiger partial charge >= 0.3 is 0 Å². The lowest BCUT2D eigenvalue weighted by atomic mass is 9.44. The minimum Gasteiger partial charge on any atom is -0.399 e. The zero-order chi connectivity index (χ0) is 16.9. The summed E-state index contributed by atoms with van der Waals surface area (Å²) in [5, 5.41) is 4.70. The number of hydrogen-bond acceptors (Lipinski definition) is 2. The van der Waals surface area contributed by atoms with Crippen LogP contribution in [0.4, 0.5) is 0 Å². The number of hydrogen-bond donors (Lipinski definition) is 0. The molecular weight excluding hydrogens is 294 g/mol. The molecular formula is C22H37NO. The van der Waals surface area contributed by atoms with Crippen molar-refractivity contribution in [2.45, 2.75) is 85.0 Å². The minimum absolute atomic E-state index is 0.477. The first-order valence-electron chi connectivity index (χ1n) is 10.6. The number of nitrogens with zero attached hydrogens (tertiary/aromatic N) is 1. The molecule has 2 nitrogen and oxygen atoms in total. The van der Waals surface area contributed by atoms with Crippen LogP contribution in [0.2, 0.25) is 0 Å². The van der Waals surface area contributed by atoms with Gasteiger partial charge in [-0.1, -0.05) is 45.2 Å². The second-order valence-corrected chi connectivity index (χ2v) is 9.90. The van der Waals surface area contributed by atoms with E-state index in [2.05, 4.69) is 20.8 Å². The fraction of sp³-hybridized carbons (Fsp3) is 0.955. The quantitative estimate of drug-likeness (QED) is 0.564. The van der Waals surface area contributed by atoms with Gasteiger partial charge in [-0.25, -0.2) is 0 Å². The van der Waals surface area contributed by atoms with Crippen LogP contribution >= 0.6 is 0 Å². The van der Waals surface area contributed by atoms with Crippen LogP contribution in [0.25, 0.3) is 0 Å². The monoisotopic (exact) mass is 331 g/mol. The summed E-state index contributed by atoms with van der Waals surface area (Å²) in [6.07, 6.45) is 14.1. The maximum atomic E-state index is 5.41. The van der Waals surface area contributed by atoms with Gasteiger partial charge in [0.05, 0.1) is 5.71 Å². The molecule has 0 radical (unpaired) electrons. The van der Waals surface area contributed by atoms with Gasteiger partial charge in [-0.2, -0.15) is 0 Å². The highest BCUT2D eigenvalue weighted by Crippen LogP contribution is 2.67. The first-order valence-corrected chi connectivity index (χ1v) is 10.6. The van der Waals surface area contributed by atoms with Crippen LogP contribution in [0.15, 0.2) is 5.16 Å². The summed E-state index contributed by atoms with van der Waals surface area (Å²) < 4.78 is 0. The van der Waals surface area contributed by atoms with E-state index in [1.807, 2.05) is 0 Å². The smallest absolute Gasteiger partial charge is 0.106 e. The summed E-state index contributed by atoms with van der Waals surface area (Å²) in [6.45, 7) is 7.61. The predicted molar refractivity (Wildman–Crippen MR) is 100.0 cm³/mol. The molecule has 0 aromatic carbocycles. The minimum atomic E-state index is 0.477. The normalized spacial score (nSPS) is 52.5. The average molecular weight is 332 g/mol. The molecule has 0 amide bonds. The van der Waals surface area contributed by atoms with Gasteiger partial charge in [-0.05, 0) is 79.4 Å². The predicted octanol–water partition coefficient (Wildman–Crippen LogP) is 6.06. The first kappa shape index (κ1) is 16.9. The van der Waals surface area contributed by atoms with Crippen molar-refractivity contribution in [2.24, 2.45) is 45.6 Å². The molecule has 3 unspecified atom stereocenters. The number of oxime groups is 1. The first-order chi connectivity index (χ1) is 11.5. The van der Waals surface area contributed by atoms with E-state index in [-0.39, 0.29) is 0 Å². The summed E-state index contributed by atoms with van der Waals surface area (Å²) in [7, 11) is 1.76. The Morgan fingerprint density at radius 2 is 1.88 bits per heavy atom. The molecule has 0 aromatic heterocycles. The molecule has 136 valence electrons. The van der Waals surface area contributed by atoms with Gasteiger partial charge < -0.3 is 4.84 Å². The van der Waals surface area contributed by atoms with E-state index in [1.54, 1.807) is 7.11 Å². The lowest BCUT2D eigenvalue weighted by Crippen LogP contribution is -2.56. The van der Waals surface area contributed by atoms with Gasteiger partial charge in [0.1, 0.15) is 7.11 Å². The van der Waals surface area contributed by atoms with Crippen LogP contribution in [0, 0.1) is 40.4 Å². The van der Waals surface area contributed by atoms with Gasteiger partial charge in [-0.15, -0.1) is 0 Å². The Hall–Kier alpha value is -0.530. The molecule has 4 rings (SSSR count). The second-order valence-electron chi connectivity index (χ2n) is 9.90. The molecule has 0 spiro atoms. The Balaban J connectivity index is 1.75. The van der Waals surface area contributed by atoms with Gasteiger partial charge in [0.15, 0.2) is 0 Å². The average Bonchev–Trinajstić information content (AvgIpc) is 2.90. The Morgan fingerprint density at radius 1 is 1.04 bits per heavy atom. The lowest BCUT2D eigenvalue weighted by Gasteiger charge is -2.60. The fourth-order valence-electron chi connectivity index (χ4n) is 8.12. The van der Waals surface area contributed by atoms with Gasteiger partial charge in [0.25, 0.3) is 0 Å². The van der Waals surface area contributed by atoms with Crippen LogP contribution in [-0.2, 0) is 4.84 Å².